The lowest BCUT2D eigenvalue weighted by Gasteiger charge is -2.10. The molecule has 0 aliphatic rings. The number of amides is 1. The average molecular weight is 349 g/mol. The molecule has 2 N–H and O–H groups in total. The number of hydrogen-bond acceptors (Lipinski definition) is 3. The van der Waals surface area contributed by atoms with E-state index in [1.807, 2.05) is 37.3 Å². The van der Waals surface area contributed by atoms with Crippen molar-refractivity contribution in [3.63, 3.8) is 0 Å². The lowest BCUT2D eigenvalue weighted by Crippen LogP contribution is -2.14. The minimum atomic E-state index is -0.218. The van der Waals surface area contributed by atoms with Crippen LogP contribution in [-0.4, -0.2) is 17.4 Å². The Morgan fingerprint density at radius 3 is 2.65 bits per heavy atom. The molecule has 26 heavy (non-hydrogen) atoms. The molecule has 0 atom stereocenters. The third-order valence-corrected chi connectivity index (χ3v) is 4.08. The van der Waals surface area contributed by atoms with Crippen LogP contribution in [0.5, 0.6) is 0 Å². The maximum absolute atomic E-state index is 13.6. The topological polar surface area (TPSA) is 54.0 Å². The highest BCUT2D eigenvalue weighted by atomic mass is 19.1. The van der Waals surface area contributed by atoms with Crippen molar-refractivity contribution in [3.05, 3.63) is 89.5 Å². The Hall–Kier alpha value is -3.21. The molecule has 1 aromatic heterocycles. The molecule has 4 nitrogen and oxygen atoms in total. The maximum Gasteiger partial charge on any atom is 0.257 e. The summed E-state index contributed by atoms with van der Waals surface area (Å²) in [5.74, 6) is -0.427. The number of anilines is 2. The fourth-order valence-corrected chi connectivity index (χ4v) is 2.61. The monoisotopic (exact) mass is 349 g/mol. The molecule has 0 aliphatic carbocycles. The van der Waals surface area contributed by atoms with Gasteiger partial charge in [-0.2, -0.15) is 0 Å². The highest BCUT2D eigenvalue weighted by Crippen LogP contribution is 2.16. The van der Waals surface area contributed by atoms with Crippen LogP contribution in [0.3, 0.4) is 0 Å². The molecular weight excluding hydrogens is 329 g/mol. The molecule has 132 valence electrons. The minimum absolute atomic E-state index is 0.209. The van der Waals surface area contributed by atoms with Crippen LogP contribution in [-0.2, 0) is 6.42 Å². The standard InChI is InChI=1S/C21H20FN3O/c1-15-6-2-5-9-20(15)25-21(26)17-12-18(14-23-13-17)24-11-10-16-7-3-4-8-19(16)22/h2-9,12-14,24H,10-11H2,1H3,(H,25,26). The van der Waals surface area contributed by atoms with Crippen LogP contribution in [0.15, 0.2) is 67.0 Å². The molecular formula is C21H20FN3O. The molecule has 3 rings (SSSR count). The van der Waals surface area contributed by atoms with Crippen molar-refractivity contribution in [1.82, 2.24) is 4.98 Å². The quantitative estimate of drug-likeness (QED) is 0.692. The van der Waals surface area contributed by atoms with Gasteiger partial charge in [-0.25, -0.2) is 4.39 Å². The number of hydrogen-bond donors (Lipinski definition) is 2. The first-order valence-electron chi connectivity index (χ1n) is 8.43. The Bertz CT molecular complexity index is 911. The number of halogens is 1. The molecule has 0 spiro atoms. The molecule has 5 heteroatoms. The smallest absolute Gasteiger partial charge is 0.257 e. The van der Waals surface area contributed by atoms with Crippen LogP contribution in [0, 0.1) is 12.7 Å². The molecule has 1 amide bonds. The van der Waals surface area contributed by atoms with E-state index in [0.717, 1.165) is 16.9 Å². The molecule has 0 saturated carbocycles. The van der Waals surface area contributed by atoms with Crippen LogP contribution in [0.1, 0.15) is 21.5 Å². The summed E-state index contributed by atoms with van der Waals surface area (Å²) in [5, 5.41) is 6.07. The Morgan fingerprint density at radius 1 is 1.08 bits per heavy atom. The van der Waals surface area contributed by atoms with Crippen molar-refractivity contribution < 1.29 is 9.18 Å². The highest BCUT2D eigenvalue weighted by Gasteiger charge is 2.09. The summed E-state index contributed by atoms with van der Waals surface area (Å²) < 4.78 is 13.6. The second-order valence-corrected chi connectivity index (χ2v) is 6.00. The van der Waals surface area contributed by atoms with Crippen molar-refractivity contribution in [3.8, 4) is 0 Å². The zero-order valence-electron chi connectivity index (χ0n) is 14.5. The largest absolute Gasteiger partial charge is 0.383 e. The van der Waals surface area contributed by atoms with Crippen LogP contribution in [0.25, 0.3) is 0 Å². The summed E-state index contributed by atoms with van der Waals surface area (Å²) >= 11 is 0. The number of carbonyl (C=O) groups excluding carboxylic acids is 1. The van der Waals surface area contributed by atoms with Crippen LogP contribution in [0.4, 0.5) is 15.8 Å². The van der Waals surface area contributed by atoms with E-state index in [-0.39, 0.29) is 11.7 Å². The summed E-state index contributed by atoms with van der Waals surface area (Å²) in [4.78, 5) is 16.5. The summed E-state index contributed by atoms with van der Waals surface area (Å²) in [6.07, 6.45) is 3.72. The lowest BCUT2D eigenvalue weighted by molar-refractivity contribution is 0.102. The number of aromatic nitrogens is 1. The predicted molar refractivity (Wildman–Crippen MR) is 102 cm³/mol. The predicted octanol–water partition coefficient (Wildman–Crippen LogP) is 4.44. The number of nitrogens with zero attached hydrogens (tertiary/aromatic N) is 1. The van der Waals surface area contributed by atoms with E-state index < -0.39 is 0 Å². The van der Waals surface area contributed by atoms with Gasteiger partial charge in [-0.15, -0.1) is 0 Å². The van der Waals surface area contributed by atoms with E-state index >= 15 is 0 Å². The van der Waals surface area contributed by atoms with E-state index in [1.54, 1.807) is 24.4 Å². The normalized spacial score (nSPS) is 10.4. The molecule has 0 unspecified atom stereocenters. The first kappa shape index (κ1) is 17.6. The van der Waals surface area contributed by atoms with Gasteiger partial charge in [-0.1, -0.05) is 36.4 Å². The van der Waals surface area contributed by atoms with Gasteiger partial charge in [0.2, 0.25) is 0 Å². The Labute approximate surface area is 152 Å². The van der Waals surface area contributed by atoms with Gasteiger partial charge in [-0.05, 0) is 42.7 Å². The maximum atomic E-state index is 13.6. The highest BCUT2D eigenvalue weighted by molar-refractivity contribution is 6.04. The van der Waals surface area contributed by atoms with Crippen LogP contribution >= 0.6 is 0 Å². The Morgan fingerprint density at radius 2 is 1.85 bits per heavy atom. The van der Waals surface area contributed by atoms with E-state index in [2.05, 4.69) is 15.6 Å². The molecule has 0 saturated heterocycles. The molecule has 2 aromatic carbocycles. The van der Waals surface area contributed by atoms with E-state index in [1.165, 1.54) is 12.3 Å². The zero-order chi connectivity index (χ0) is 18.4. The number of carbonyl (C=O) groups is 1. The number of rotatable bonds is 6. The van der Waals surface area contributed by atoms with E-state index in [0.29, 0.717) is 24.1 Å². The van der Waals surface area contributed by atoms with Gasteiger partial charge in [0.05, 0.1) is 11.3 Å². The van der Waals surface area contributed by atoms with Gasteiger partial charge in [0.15, 0.2) is 0 Å². The van der Waals surface area contributed by atoms with Crippen molar-refractivity contribution in [2.45, 2.75) is 13.3 Å². The molecule has 1 heterocycles. The zero-order valence-corrected chi connectivity index (χ0v) is 14.5. The van der Waals surface area contributed by atoms with E-state index in [9.17, 15) is 9.18 Å². The molecule has 0 radical (unpaired) electrons. The summed E-state index contributed by atoms with van der Waals surface area (Å²) in [6, 6.07) is 16.0. The molecule has 0 fully saturated rings. The van der Waals surface area contributed by atoms with Crippen molar-refractivity contribution >= 4 is 17.3 Å². The third kappa shape index (κ3) is 4.45. The van der Waals surface area contributed by atoms with Crippen molar-refractivity contribution in [2.24, 2.45) is 0 Å². The van der Waals surface area contributed by atoms with Gasteiger partial charge >= 0.3 is 0 Å². The number of nitrogens with one attached hydrogen (secondary N) is 2. The first-order chi connectivity index (χ1) is 12.6. The first-order valence-corrected chi connectivity index (χ1v) is 8.43. The average Bonchev–Trinajstić information content (AvgIpc) is 2.65. The fourth-order valence-electron chi connectivity index (χ4n) is 2.61. The lowest BCUT2D eigenvalue weighted by atomic mass is 10.1. The Kier molecular flexibility index (Phi) is 5.59. The van der Waals surface area contributed by atoms with E-state index in [4.69, 9.17) is 0 Å². The number of pyridine rings is 1. The number of aryl methyl sites for hydroxylation is 1. The summed E-state index contributed by atoms with van der Waals surface area (Å²) in [6.45, 7) is 2.49. The number of para-hydroxylation sites is 1. The van der Waals surface area contributed by atoms with Gasteiger partial charge in [-0.3, -0.25) is 9.78 Å². The summed E-state index contributed by atoms with van der Waals surface area (Å²) in [5.41, 5.74) is 3.60. The van der Waals surface area contributed by atoms with Gasteiger partial charge in [0.1, 0.15) is 5.82 Å². The molecule has 0 aliphatic heterocycles. The molecule has 3 aromatic rings. The second-order valence-electron chi connectivity index (χ2n) is 6.00. The van der Waals surface area contributed by atoms with Crippen molar-refractivity contribution in [2.75, 3.05) is 17.2 Å². The minimum Gasteiger partial charge on any atom is -0.383 e. The van der Waals surface area contributed by atoms with Gasteiger partial charge in [0.25, 0.3) is 5.91 Å². The number of benzene rings is 2. The molecule has 0 bridgehead atoms. The summed E-state index contributed by atoms with van der Waals surface area (Å²) in [7, 11) is 0. The van der Waals surface area contributed by atoms with Gasteiger partial charge < -0.3 is 10.6 Å². The second kappa shape index (κ2) is 8.25. The fraction of sp³-hybridized carbons (Fsp3) is 0.143. The third-order valence-electron chi connectivity index (χ3n) is 4.08. The van der Waals surface area contributed by atoms with Crippen molar-refractivity contribution in [1.29, 1.82) is 0 Å². The SMILES string of the molecule is Cc1ccccc1NC(=O)c1cncc(NCCc2ccccc2F)c1. The van der Waals surface area contributed by atoms with Crippen LogP contribution in [0.2, 0.25) is 0 Å². The van der Waals surface area contributed by atoms with Crippen LogP contribution < -0.4 is 10.6 Å². The Balaban J connectivity index is 1.62. The van der Waals surface area contributed by atoms with Gasteiger partial charge in [0, 0.05) is 24.6 Å².